The van der Waals surface area contributed by atoms with Gasteiger partial charge in [-0.15, -0.1) is 0 Å². The molecule has 1 fully saturated rings. The lowest BCUT2D eigenvalue weighted by molar-refractivity contribution is 0.0732. The molecule has 1 amide bonds. The van der Waals surface area contributed by atoms with Crippen LogP contribution in [0.1, 0.15) is 40.6 Å². The molecule has 4 heterocycles. The van der Waals surface area contributed by atoms with Gasteiger partial charge in [-0.25, -0.2) is 4.98 Å². The molecule has 0 radical (unpaired) electrons. The first kappa shape index (κ1) is 13.9. The minimum atomic E-state index is 0.00755. The van der Waals surface area contributed by atoms with Gasteiger partial charge in [0.25, 0.3) is 5.91 Å². The van der Waals surface area contributed by atoms with Crippen molar-refractivity contribution in [2.45, 2.75) is 25.8 Å². The Kier molecular flexibility index (Phi) is 3.29. The van der Waals surface area contributed by atoms with E-state index < -0.39 is 0 Å². The number of aryl methyl sites for hydroxylation is 1. The van der Waals surface area contributed by atoms with Crippen molar-refractivity contribution >= 4 is 16.9 Å². The van der Waals surface area contributed by atoms with Crippen molar-refractivity contribution in [3.05, 3.63) is 53.6 Å². The largest absolute Gasteiger partial charge is 0.330 e. The zero-order chi connectivity index (χ0) is 15.8. The molecule has 0 bridgehead atoms. The zero-order valence-corrected chi connectivity index (χ0v) is 12.9. The molecule has 0 aromatic carbocycles. The summed E-state index contributed by atoms with van der Waals surface area (Å²) < 4.78 is 0. The lowest BCUT2D eigenvalue weighted by atomic mass is 10.1. The van der Waals surface area contributed by atoms with Crippen LogP contribution in [0, 0.1) is 6.92 Å². The minimum Gasteiger partial charge on any atom is -0.330 e. The highest BCUT2D eigenvalue weighted by Gasteiger charge is 2.31. The Morgan fingerprint density at radius 2 is 2.26 bits per heavy atom. The summed E-state index contributed by atoms with van der Waals surface area (Å²) in [6.45, 7) is 2.68. The normalized spacial score (nSPS) is 17.8. The first-order chi connectivity index (χ1) is 11.2. The molecule has 0 spiro atoms. The summed E-state index contributed by atoms with van der Waals surface area (Å²) in [5.74, 6) is 0.00755. The van der Waals surface area contributed by atoms with Crippen molar-refractivity contribution in [2.75, 3.05) is 6.54 Å². The maximum atomic E-state index is 12.9. The van der Waals surface area contributed by atoms with Gasteiger partial charge in [-0.05, 0) is 38.0 Å². The topological polar surface area (TPSA) is 74.8 Å². The van der Waals surface area contributed by atoms with Crippen LogP contribution in [-0.2, 0) is 0 Å². The number of pyridine rings is 2. The summed E-state index contributed by atoms with van der Waals surface area (Å²) in [6.07, 6.45) is 5.33. The number of aromatic amines is 1. The van der Waals surface area contributed by atoms with Crippen LogP contribution in [0.5, 0.6) is 0 Å². The molecule has 4 rings (SSSR count). The average molecular weight is 307 g/mol. The summed E-state index contributed by atoms with van der Waals surface area (Å²) in [6, 6.07) is 7.76. The van der Waals surface area contributed by atoms with E-state index in [0.717, 1.165) is 36.2 Å². The Morgan fingerprint density at radius 3 is 3.09 bits per heavy atom. The molecule has 0 unspecified atom stereocenters. The van der Waals surface area contributed by atoms with Gasteiger partial charge in [0.1, 0.15) is 0 Å². The van der Waals surface area contributed by atoms with Gasteiger partial charge in [0.05, 0.1) is 17.3 Å². The Morgan fingerprint density at radius 1 is 1.35 bits per heavy atom. The van der Waals surface area contributed by atoms with E-state index >= 15 is 0 Å². The standard InChI is InChI=1S/C17H17N5O/c1-11-13-9-12(10-19-16(13)21-20-11)17(23)22-8-4-6-15(22)14-5-2-3-7-18-14/h2-3,5,7,9-10,15H,4,6,8H2,1H3,(H,19,20,21)/t15-/m0/s1. The number of rotatable bonds is 2. The SMILES string of the molecule is Cc1[nH]nc2ncc(C(=O)N3CCC[C@H]3c3ccccn3)cc12. The first-order valence-corrected chi connectivity index (χ1v) is 7.76. The molecule has 6 nitrogen and oxygen atoms in total. The van der Waals surface area contributed by atoms with E-state index in [4.69, 9.17) is 0 Å². The predicted octanol–water partition coefficient (Wildman–Crippen LogP) is 2.64. The minimum absolute atomic E-state index is 0.00755. The third kappa shape index (κ3) is 2.36. The van der Waals surface area contributed by atoms with Crippen LogP contribution in [0.25, 0.3) is 11.0 Å². The summed E-state index contributed by atoms with van der Waals surface area (Å²) in [5, 5.41) is 7.90. The summed E-state index contributed by atoms with van der Waals surface area (Å²) >= 11 is 0. The molecule has 1 aliphatic rings. The van der Waals surface area contributed by atoms with E-state index in [1.54, 1.807) is 12.4 Å². The molecule has 0 saturated carbocycles. The van der Waals surface area contributed by atoms with E-state index in [1.165, 1.54) is 0 Å². The number of carbonyl (C=O) groups excluding carboxylic acids is 1. The maximum absolute atomic E-state index is 12.9. The lowest BCUT2D eigenvalue weighted by Gasteiger charge is -2.24. The summed E-state index contributed by atoms with van der Waals surface area (Å²) in [7, 11) is 0. The molecule has 3 aromatic rings. The molecule has 1 atom stereocenters. The van der Waals surface area contributed by atoms with Crippen molar-refractivity contribution in [1.82, 2.24) is 25.1 Å². The Hall–Kier alpha value is -2.76. The van der Waals surface area contributed by atoms with Gasteiger partial charge in [-0.1, -0.05) is 6.07 Å². The van der Waals surface area contributed by atoms with Gasteiger partial charge in [-0.3, -0.25) is 14.9 Å². The van der Waals surface area contributed by atoms with E-state index in [-0.39, 0.29) is 11.9 Å². The number of fused-ring (bicyclic) bond motifs is 1. The number of likely N-dealkylation sites (tertiary alicyclic amines) is 1. The fourth-order valence-electron chi connectivity index (χ4n) is 3.19. The second-order valence-corrected chi connectivity index (χ2v) is 5.85. The molecule has 1 saturated heterocycles. The van der Waals surface area contributed by atoms with Crippen LogP contribution in [-0.4, -0.2) is 37.5 Å². The third-order valence-corrected chi connectivity index (χ3v) is 4.39. The van der Waals surface area contributed by atoms with Crippen molar-refractivity contribution < 1.29 is 4.79 Å². The molecule has 0 aliphatic carbocycles. The van der Waals surface area contributed by atoms with E-state index in [0.29, 0.717) is 11.2 Å². The molecule has 116 valence electrons. The van der Waals surface area contributed by atoms with Gasteiger partial charge in [-0.2, -0.15) is 5.10 Å². The van der Waals surface area contributed by atoms with Crippen molar-refractivity contribution in [3.8, 4) is 0 Å². The van der Waals surface area contributed by atoms with Crippen LogP contribution >= 0.6 is 0 Å². The number of aromatic nitrogens is 4. The van der Waals surface area contributed by atoms with Crippen LogP contribution in [0.4, 0.5) is 0 Å². The van der Waals surface area contributed by atoms with Crippen LogP contribution in [0.3, 0.4) is 0 Å². The Labute approximate surface area is 133 Å². The number of carbonyl (C=O) groups is 1. The number of nitrogens with one attached hydrogen (secondary N) is 1. The molecule has 6 heteroatoms. The Bertz CT molecular complexity index is 858. The quantitative estimate of drug-likeness (QED) is 0.789. The highest BCUT2D eigenvalue weighted by molar-refractivity contribution is 5.97. The second-order valence-electron chi connectivity index (χ2n) is 5.85. The van der Waals surface area contributed by atoms with Gasteiger partial charge in [0.2, 0.25) is 0 Å². The molecular formula is C17H17N5O. The fourth-order valence-corrected chi connectivity index (χ4v) is 3.19. The molecule has 23 heavy (non-hydrogen) atoms. The van der Waals surface area contributed by atoms with Gasteiger partial charge < -0.3 is 4.90 Å². The number of hydrogen-bond donors (Lipinski definition) is 1. The monoisotopic (exact) mass is 307 g/mol. The summed E-state index contributed by atoms with van der Waals surface area (Å²) in [5.41, 5.74) is 3.11. The predicted molar refractivity (Wildman–Crippen MR) is 85.9 cm³/mol. The van der Waals surface area contributed by atoms with Gasteiger partial charge in [0.15, 0.2) is 5.65 Å². The number of nitrogens with zero attached hydrogens (tertiary/aromatic N) is 4. The fraction of sp³-hybridized carbons (Fsp3) is 0.294. The number of hydrogen-bond acceptors (Lipinski definition) is 4. The van der Waals surface area contributed by atoms with Crippen LogP contribution < -0.4 is 0 Å². The zero-order valence-electron chi connectivity index (χ0n) is 12.9. The maximum Gasteiger partial charge on any atom is 0.256 e. The first-order valence-electron chi connectivity index (χ1n) is 7.76. The third-order valence-electron chi connectivity index (χ3n) is 4.39. The van der Waals surface area contributed by atoms with Crippen molar-refractivity contribution in [1.29, 1.82) is 0 Å². The molecular weight excluding hydrogens is 290 g/mol. The van der Waals surface area contributed by atoms with Crippen LogP contribution in [0.15, 0.2) is 36.7 Å². The molecule has 1 N–H and O–H groups in total. The van der Waals surface area contributed by atoms with Gasteiger partial charge in [0, 0.05) is 30.0 Å². The highest BCUT2D eigenvalue weighted by atomic mass is 16.2. The second kappa shape index (κ2) is 5.46. The van der Waals surface area contributed by atoms with Crippen molar-refractivity contribution in [3.63, 3.8) is 0 Å². The van der Waals surface area contributed by atoms with Crippen LogP contribution in [0.2, 0.25) is 0 Å². The molecule has 1 aliphatic heterocycles. The lowest BCUT2D eigenvalue weighted by Crippen LogP contribution is -2.31. The smallest absolute Gasteiger partial charge is 0.256 e. The van der Waals surface area contributed by atoms with E-state index in [1.807, 2.05) is 36.1 Å². The number of H-pyrrole nitrogens is 1. The molecule has 3 aromatic heterocycles. The average Bonchev–Trinajstić information content (AvgIpc) is 3.22. The van der Waals surface area contributed by atoms with E-state index in [9.17, 15) is 4.79 Å². The van der Waals surface area contributed by atoms with Crippen molar-refractivity contribution in [2.24, 2.45) is 0 Å². The summed E-state index contributed by atoms with van der Waals surface area (Å²) in [4.78, 5) is 23.5. The highest BCUT2D eigenvalue weighted by Crippen LogP contribution is 2.32. The number of amides is 1. The van der Waals surface area contributed by atoms with Gasteiger partial charge >= 0.3 is 0 Å². The Balaban J connectivity index is 1.68. The van der Waals surface area contributed by atoms with E-state index in [2.05, 4.69) is 20.2 Å².